The molecule has 0 bridgehead atoms. The molecule has 58 heavy (non-hydrogen) atoms. The molecule has 0 aliphatic heterocycles. The van der Waals surface area contributed by atoms with Gasteiger partial charge in [-0.3, -0.25) is 14.4 Å². The average Bonchev–Trinajstić information content (AvgIpc) is 3.11. The Morgan fingerprint density at radius 1 is 0.828 bits per heavy atom. The number of benzene rings is 1. The Morgan fingerprint density at radius 3 is 1.97 bits per heavy atom. The lowest BCUT2D eigenvalue weighted by atomic mass is 9.82. The number of ether oxygens (including phenoxy) is 4. The first kappa shape index (κ1) is 51.3. The minimum atomic E-state index is -2.89. The number of allylic oxidation sites excluding steroid dienone is 1. The summed E-state index contributed by atoms with van der Waals surface area (Å²) >= 11 is 0. The van der Waals surface area contributed by atoms with Crippen LogP contribution in [0.5, 0.6) is 5.75 Å². The lowest BCUT2D eigenvalue weighted by Crippen LogP contribution is -2.57. The fraction of sp³-hybridized carbons (Fsp3) is 0.644. The van der Waals surface area contributed by atoms with Gasteiger partial charge in [-0.1, -0.05) is 75.7 Å². The van der Waals surface area contributed by atoms with Gasteiger partial charge in [-0.05, 0) is 91.8 Å². The molecule has 13 nitrogen and oxygen atoms in total. The molecule has 1 aromatic carbocycles. The van der Waals surface area contributed by atoms with E-state index in [1.54, 1.807) is 58.0 Å². The van der Waals surface area contributed by atoms with Gasteiger partial charge in [0.2, 0.25) is 5.91 Å². The number of carbonyl (C=O) groups is 6. The number of nitrogens with one attached hydrogen (secondary N) is 1. The summed E-state index contributed by atoms with van der Waals surface area (Å²) in [5.41, 5.74) is -4.35. The van der Waals surface area contributed by atoms with E-state index in [1.807, 2.05) is 0 Å². The summed E-state index contributed by atoms with van der Waals surface area (Å²) in [4.78, 5) is 77.9. The van der Waals surface area contributed by atoms with Crippen LogP contribution in [0.15, 0.2) is 36.4 Å². The van der Waals surface area contributed by atoms with Gasteiger partial charge in [0.05, 0.1) is 12.3 Å². The van der Waals surface area contributed by atoms with Crippen LogP contribution in [-0.2, 0) is 49.4 Å². The number of carbonyl (C=O) groups excluding carboxylic acids is 5. The van der Waals surface area contributed by atoms with Crippen molar-refractivity contribution >= 4 is 35.6 Å². The number of hydrogen-bond donors (Lipinski definition) is 3. The summed E-state index contributed by atoms with van der Waals surface area (Å²) in [6.45, 7) is 12.8. The van der Waals surface area contributed by atoms with Crippen molar-refractivity contribution in [2.24, 2.45) is 5.92 Å². The van der Waals surface area contributed by atoms with Crippen molar-refractivity contribution in [3.63, 3.8) is 0 Å². The lowest BCUT2D eigenvalue weighted by molar-refractivity contribution is -0.187. The van der Waals surface area contributed by atoms with Gasteiger partial charge < -0.3 is 34.5 Å². The zero-order chi connectivity index (χ0) is 43.8. The van der Waals surface area contributed by atoms with E-state index in [0.717, 1.165) is 44.9 Å². The fourth-order valence-electron chi connectivity index (χ4n) is 5.80. The minimum Gasteiger partial charge on any atom is -0.481 e. The number of unbranched alkanes of at least 4 members (excludes halogenated alkanes) is 8. The number of carboxylic acid groups (broad SMARTS) is 1. The van der Waals surface area contributed by atoms with Crippen molar-refractivity contribution in [2.45, 2.75) is 168 Å². The van der Waals surface area contributed by atoms with Gasteiger partial charge in [0.15, 0.2) is 12.2 Å². The summed E-state index contributed by atoms with van der Waals surface area (Å²) in [5.74, 6) is -1.36. The van der Waals surface area contributed by atoms with Crippen molar-refractivity contribution in [2.75, 3.05) is 13.2 Å². The third-order valence-electron chi connectivity index (χ3n) is 8.64. The molecular weight excluding hydrogens is 746 g/mol. The first-order valence-electron chi connectivity index (χ1n) is 20.4. The van der Waals surface area contributed by atoms with Crippen molar-refractivity contribution in [1.82, 2.24) is 5.32 Å². The van der Waals surface area contributed by atoms with E-state index in [0.29, 0.717) is 37.0 Å². The number of esters is 3. The third kappa shape index (κ3) is 22.3. The van der Waals surface area contributed by atoms with Gasteiger partial charge in [-0.25, -0.2) is 14.4 Å². The largest absolute Gasteiger partial charge is 0.481 e. The molecule has 0 aliphatic rings. The minimum absolute atomic E-state index is 0.157. The van der Waals surface area contributed by atoms with E-state index >= 15 is 0 Å². The van der Waals surface area contributed by atoms with Crippen LogP contribution >= 0.6 is 0 Å². The third-order valence-corrected chi connectivity index (χ3v) is 8.64. The molecule has 0 saturated carbocycles. The van der Waals surface area contributed by atoms with E-state index in [9.17, 15) is 39.0 Å². The quantitative estimate of drug-likeness (QED) is 0.0272. The molecule has 1 rings (SSSR count). The summed E-state index contributed by atoms with van der Waals surface area (Å²) in [5, 5.41) is 24.2. The second kappa shape index (κ2) is 26.3. The van der Waals surface area contributed by atoms with Crippen LogP contribution in [0.3, 0.4) is 0 Å². The predicted molar refractivity (Wildman–Crippen MR) is 220 cm³/mol. The average molecular weight is 814 g/mol. The summed E-state index contributed by atoms with van der Waals surface area (Å²) in [7, 11) is 0. The monoisotopic (exact) mass is 813 g/mol. The van der Waals surface area contributed by atoms with Gasteiger partial charge in [0, 0.05) is 19.3 Å². The maximum absolute atomic E-state index is 14.2. The molecule has 1 aromatic rings. The Bertz CT molecular complexity index is 1560. The highest BCUT2D eigenvalue weighted by molar-refractivity contribution is 5.95. The van der Waals surface area contributed by atoms with Gasteiger partial charge in [0.1, 0.15) is 35.4 Å². The molecule has 0 aromatic heterocycles. The summed E-state index contributed by atoms with van der Waals surface area (Å²) in [6.07, 6.45) is 11.5. The number of rotatable bonds is 27. The van der Waals surface area contributed by atoms with E-state index < -0.39 is 71.6 Å². The van der Waals surface area contributed by atoms with E-state index in [1.165, 1.54) is 33.3 Å². The maximum atomic E-state index is 14.2. The number of ketones is 1. The van der Waals surface area contributed by atoms with Gasteiger partial charge in [0.25, 0.3) is 0 Å². The molecule has 13 heteroatoms. The zero-order valence-corrected chi connectivity index (χ0v) is 35.9. The highest BCUT2D eigenvalue weighted by Gasteiger charge is 2.51. The van der Waals surface area contributed by atoms with Crippen LogP contribution < -0.4 is 10.1 Å². The van der Waals surface area contributed by atoms with Crippen LogP contribution in [0, 0.1) is 17.8 Å². The normalized spacial score (nSPS) is 13.6. The van der Waals surface area contributed by atoms with Gasteiger partial charge in [-0.2, -0.15) is 0 Å². The summed E-state index contributed by atoms with van der Waals surface area (Å²) < 4.78 is 21.5. The Morgan fingerprint density at radius 2 is 1.41 bits per heavy atom. The van der Waals surface area contributed by atoms with Crippen molar-refractivity contribution in [3.8, 4) is 17.6 Å². The van der Waals surface area contributed by atoms with Crippen molar-refractivity contribution in [3.05, 3.63) is 42.0 Å². The molecule has 0 fully saturated rings. The van der Waals surface area contributed by atoms with E-state index in [4.69, 9.17) is 18.9 Å². The molecule has 1 amide bonds. The first-order chi connectivity index (χ1) is 27.2. The smallest absolute Gasteiger partial charge is 0.344 e. The van der Waals surface area contributed by atoms with Crippen LogP contribution in [0.25, 0.3) is 0 Å². The Hall–Kier alpha value is -4.70. The summed E-state index contributed by atoms with van der Waals surface area (Å²) in [6, 6.07) is 5.13. The number of carboxylic acids is 1. The highest BCUT2D eigenvalue weighted by Crippen LogP contribution is 2.29. The first-order valence-corrected chi connectivity index (χ1v) is 20.4. The number of Topliss-reactive ketones (excluding diaryl/α,β-unsaturated/α-hetero) is 1. The van der Waals surface area contributed by atoms with Gasteiger partial charge >= 0.3 is 23.9 Å². The Labute approximate surface area is 345 Å². The van der Waals surface area contributed by atoms with Crippen LogP contribution in [0.1, 0.15) is 144 Å². The van der Waals surface area contributed by atoms with Gasteiger partial charge in [-0.15, -0.1) is 5.92 Å². The fourth-order valence-corrected chi connectivity index (χ4v) is 5.80. The van der Waals surface area contributed by atoms with Crippen LogP contribution in [0.2, 0.25) is 0 Å². The van der Waals surface area contributed by atoms with Crippen LogP contribution in [-0.4, -0.2) is 81.8 Å². The zero-order valence-electron chi connectivity index (χ0n) is 35.9. The Balaban J connectivity index is 3.32. The van der Waals surface area contributed by atoms with Crippen LogP contribution in [0.4, 0.5) is 0 Å². The molecular formula is C45H67NO12. The lowest BCUT2D eigenvalue weighted by Gasteiger charge is -2.34. The molecule has 324 valence electrons. The number of aliphatic carboxylic acids is 1. The molecule has 0 spiro atoms. The topological polar surface area (TPSA) is 192 Å². The maximum Gasteiger partial charge on any atom is 0.344 e. The number of aliphatic hydroxyl groups is 1. The Kier molecular flexibility index (Phi) is 23.3. The molecule has 0 saturated heterocycles. The molecule has 3 atom stereocenters. The SMILES string of the molecule is CC#CCOc1ccc(C[C@H](NC(=O)[C@@H](C=CCCCCCCC(=O)CCCCCCC)[C@@](O)(CC(=O)O)C(=O)OC(C)(C)C)C(=O)OCC(=O)OC(C)(C)C)cc1. The van der Waals surface area contributed by atoms with Crippen molar-refractivity contribution in [1.29, 1.82) is 0 Å². The predicted octanol–water partition coefficient (Wildman–Crippen LogP) is 6.99. The van der Waals surface area contributed by atoms with Crippen molar-refractivity contribution < 1.29 is 57.9 Å². The second-order valence-corrected chi connectivity index (χ2v) is 16.4. The van der Waals surface area contributed by atoms with E-state index in [2.05, 4.69) is 24.1 Å². The highest BCUT2D eigenvalue weighted by atomic mass is 16.6. The molecule has 0 radical (unpaired) electrons. The number of amides is 1. The second-order valence-electron chi connectivity index (χ2n) is 16.4. The number of hydrogen-bond acceptors (Lipinski definition) is 11. The molecule has 0 unspecified atom stereocenters. The van der Waals surface area contributed by atoms with E-state index in [-0.39, 0.29) is 18.8 Å². The molecule has 3 N–H and O–H groups in total. The standard InChI is InChI=1S/C45H67NO12/c1-9-11-13-16-19-22-34(47)23-20-17-14-15-18-21-24-36(45(54,31-38(48)49)42(53)58-44(6,7)8)40(51)46-37(41(52)56-32-39(50)57-43(3,4)5)30-33-25-27-35(28-26-33)55-29-12-10-2/h21,24-28,36-37,54H,9,11,13-20,22-23,29-32H2,1-8H3,(H,46,51)(H,48,49)/t36-,37+,45+/m1/s1. The molecule has 0 heterocycles. The molecule has 0 aliphatic carbocycles.